The zero-order chi connectivity index (χ0) is 18.9. The topological polar surface area (TPSA) is 70.7 Å². The molecule has 1 heterocycles. The van der Waals surface area contributed by atoms with Crippen molar-refractivity contribution in [3.05, 3.63) is 35.4 Å². The normalized spacial score (nSPS) is 16.3. The molecule has 1 aromatic rings. The van der Waals surface area contributed by atoms with Crippen LogP contribution in [0.5, 0.6) is 0 Å². The summed E-state index contributed by atoms with van der Waals surface area (Å²) in [5, 5.41) is 5.83. The van der Waals surface area contributed by atoms with Gasteiger partial charge in [0, 0.05) is 25.2 Å². The Kier molecular flexibility index (Phi) is 8.06. The molecule has 2 rings (SSSR count). The van der Waals surface area contributed by atoms with Crippen LogP contribution in [0.4, 0.5) is 0 Å². The highest BCUT2D eigenvalue weighted by molar-refractivity contribution is 5.97. The average molecular weight is 361 g/mol. The predicted octanol–water partition coefficient (Wildman–Crippen LogP) is 1.59. The van der Waals surface area contributed by atoms with Gasteiger partial charge in [-0.1, -0.05) is 31.5 Å². The van der Waals surface area contributed by atoms with E-state index < -0.39 is 6.04 Å². The number of carbonyl (C=O) groups excluding carboxylic acids is 2. The van der Waals surface area contributed by atoms with Gasteiger partial charge in [-0.25, -0.2) is 0 Å². The number of rotatable bonds is 8. The van der Waals surface area contributed by atoms with Gasteiger partial charge in [-0.05, 0) is 37.9 Å². The highest BCUT2D eigenvalue weighted by Gasteiger charge is 2.24. The van der Waals surface area contributed by atoms with Gasteiger partial charge in [-0.15, -0.1) is 0 Å². The van der Waals surface area contributed by atoms with E-state index in [1.807, 2.05) is 39.0 Å². The maximum Gasteiger partial charge on any atom is 0.251 e. The van der Waals surface area contributed by atoms with Gasteiger partial charge in [0.1, 0.15) is 6.04 Å². The van der Waals surface area contributed by atoms with E-state index in [0.717, 1.165) is 44.8 Å². The number of amides is 2. The number of nitrogens with one attached hydrogen (secondary N) is 2. The molecule has 1 aliphatic rings. The molecule has 1 unspecified atom stereocenters. The molecule has 1 atom stereocenters. The highest BCUT2D eigenvalue weighted by Crippen LogP contribution is 2.07. The molecule has 0 aliphatic carbocycles. The fourth-order valence-corrected chi connectivity index (χ4v) is 2.99. The van der Waals surface area contributed by atoms with Gasteiger partial charge in [0.25, 0.3) is 5.91 Å². The largest absolute Gasteiger partial charge is 0.379 e. The molecule has 0 saturated carbocycles. The SMILES string of the molecule is Cc1cccc(C(=O)NC(C(=O)NCCCN2CCOCC2)C(C)C)c1. The third kappa shape index (κ3) is 6.42. The maximum atomic E-state index is 12.5. The molecule has 0 spiro atoms. The monoisotopic (exact) mass is 361 g/mol. The number of morpholine rings is 1. The Morgan fingerprint density at radius 3 is 2.62 bits per heavy atom. The highest BCUT2D eigenvalue weighted by atomic mass is 16.5. The van der Waals surface area contributed by atoms with Crippen LogP contribution in [0.3, 0.4) is 0 Å². The lowest BCUT2D eigenvalue weighted by atomic mass is 10.0. The number of ether oxygens (including phenoxy) is 1. The predicted molar refractivity (Wildman–Crippen MR) is 102 cm³/mol. The molecular weight excluding hydrogens is 330 g/mol. The van der Waals surface area contributed by atoms with Crippen LogP contribution in [0.25, 0.3) is 0 Å². The first-order valence-electron chi connectivity index (χ1n) is 9.42. The minimum Gasteiger partial charge on any atom is -0.379 e. The maximum absolute atomic E-state index is 12.5. The van der Waals surface area contributed by atoms with Crippen molar-refractivity contribution in [3.63, 3.8) is 0 Å². The molecule has 1 saturated heterocycles. The third-order valence-electron chi connectivity index (χ3n) is 4.57. The second-order valence-electron chi connectivity index (χ2n) is 7.16. The van der Waals surface area contributed by atoms with E-state index in [2.05, 4.69) is 15.5 Å². The summed E-state index contributed by atoms with van der Waals surface area (Å²) in [6, 6.07) is 6.84. The van der Waals surface area contributed by atoms with Crippen molar-refractivity contribution < 1.29 is 14.3 Å². The zero-order valence-electron chi connectivity index (χ0n) is 16.1. The minimum atomic E-state index is -0.536. The summed E-state index contributed by atoms with van der Waals surface area (Å²) in [6.07, 6.45) is 0.891. The zero-order valence-corrected chi connectivity index (χ0v) is 16.1. The van der Waals surface area contributed by atoms with Crippen LogP contribution in [-0.2, 0) is 9.53 Å². The smallest absolute Gasteiger partial charge is 0.251 e. The van der Waals surface area contributed by atoms with Crippen LogP contribution in [0.1, 0.15) is 36.2 Å². The molecule has 6 nitrogen and oxygen atoms in total. The van der Waals surface area contributed by atoms with Gasteiger partial charge in [-0.2, -0.15) is 0 Å². The van der Waals surface area contributed by atoms with Crippen molar-refractivity contribution in [2.24, 2.45) is 5.92 Å². The van der Waals surface area contributed by atoms with Gasteiger partial charge in [0.05, 0.1) is 13.2 Å². The van der Waals surface area contributed by atoms with Gasteiger partial charge in [-0.3, -0.25) is 14.5 Å². The summed E-state index contributed by atoms with van der Waals surface area (Å²) in [7, 11) is 0. The van der Waals surface area contributed by atoms with E-state index in [9.17, 15) is 9.59 Å². The van der Waals surface area contributed by atoms with Gasteiger partial charge in [0.2, 0.25) is 5.91 Å². The Hall–Kier alpha value is -1.92. The molecule has 2 amide bonds. The van der Waals surface area contributed by atoms with E-state index in [4.69, 9.17) is 4.74 Å². The number of hydrogen-bond acceptors (Lipinski definition) is 4. The minimum absolute atomic E-state index is 0.0167. The van der Waals surface area contributed by atoms with Crippen molar-refractivity contribution in [3.8, 4) is 0 Å². The molecule has 1 aromatic carbocycles. The number of carbonyl (C=O) groups is 2. The van der Waals surface area contributed by atoms with E-state index in [1.165, 1.54) is 0 Å². The Morgan fingerprint density at radius 2 is 1.96 bits per heavy atom. The second-order valence-corrected chi connectivity index (χ2v) is 7.16. The quantitative estimate of drug-likeness (QED) is 0.690. The van der Waals surface area contributed by atoms with Gasteiger partial charge < -0.3 is 15.4 Å². The first kappa shape index (κ1) is 20.4. The van der Waals surface area contributed by atoms with Crippen molar-refractivity contribution in [2.45, 2.75) is 33.2 Å². The molecule has 0 aromatic heterocycles. The standard InChI is InChI=1S/C20H31N3O3/c1-15(2)18(22-19(24)17-7-4-6-16(3)14-17)20(25)21-8-5-9-23-10-12-26-13-11-23/h4,6-7,14-15,18H,5,8-13H2,1-3H3,(H,21,25)(H,22,24). The van der Waals surface area contributed by atoms with E-state index >= 15 is 0 Å². The number of aryl methyl sites for hydroxylation is 1. The molecule has 6 heteroatoms. The van der Waals surface area contributed by atoms with Crippen LogP contribution in [0, 0.1) is 12.8 Å². The lowest BCUT2D eigenvalue weighted by Gasteiger charge is -2.26. The molecule has 26 heavy (non-hydrogen) atoms. The first-order valence-corrected chi connectivity index (χ1v) is 9.42. The van der Waals surface area contributed by atoms with Crippen LogP contribution in [0.2, 0.25) is 0 Å². The van der Waals surface area contributed by atoms with Crippen molar-refractivity contribution >= 4 is 11.8 Å². The first-order chi connectivity index (χ1) is 12.5. The van der Waals surface area contributed by atoms with Crippen molar-refractivity contribution in [1.29, 1.82) is 0 Å². The number of hydrogen-bond donors (Lipinski definition) is 2. The molecule has 1 aliphatic heterocycles. The summed E-state index contributed by atoms with van der Waals surface area (Å²) >= 11 is 0. The van der Waals surface area contributed by atoms with Crippen LogP contribution in [0.15, 0.2) is 24.3 Å². The molecular formula is C20H31N3O3. The van der Waals surface area contributed by atoms with Gasteiger partial charge >= 0.3 is 0 Å². The summed E-state index contributed by atoms with van der Waals surface area (Å²) in [5.41, 5.74) is 1.60. The molecule has 0 bridgehead atoms. The molecule has 2 N–H and O–H groups in total. The summed E-state index contributed by atoms with van der Waals surface area (Å²) in [4.78, 5) is 27.3. The lowest BCUT2D eigenvalue weighted by molar-refractivity contribution is -0.123. The van der Waals surface area contributed by atoms with Crippen LogP contribution in [-0.4, -0.2) is 62.1 Å². The van der Waals surface area contributed by atoms with Crippen molar-refractivity contribution in [1.82, 2.24) is 15.5 Å². The third-order valence-corrected chi connectivity index (χ3v) is 4.57. The molecule has 1 fully saturated rings. The van der Waals surface area contributed by atoms with E-state index in [1.54, 1.807) is 6.07 Å². The Labute approximate surface area is 156 Å². The summed E-state index contributed by atoms with van der Waals surface area (Å²) in [6.45, 7) is 10.9. The molecule has 144 valence electrons. The Bertz CT molecular complexity index is 598. The fourth-order valence-electron chi connectivity index (χ4n) is 2.99. The van der Waals surface area contributed by atoms with Crippen LogP contribution >= 0.6 is 0 Å². The lowest BCUT2D eigenvalue weighted by Crippen LogP contribution is -2.50. The average Bonchev–Trinajstić information content (AvgIpc) is 2.63. The van der Waals surface area contributed by atoms with Crippen LogP contribution < -0.4 is 10.6 Å². The Balaban J connectivity index is 1.79. The second kappa shape index (κ2) is 10.3. The van der Waals surface area contributed by atoms with Gasteiger partial charge in [0.15, 0.2) is 0 Å². The van der Waals surface area contributed by atoms with E-state index in [0.29, 0.717) is 12.1 Å². The van der Waals surface area contributed by atoms with E-state index in [-0.39, 0.29) is 17.7 Å². The molecule has 0 radical (unpaired) electrons. The fraction of sp³-hybridized carbons (Fsp3) is 0.600. The number of benzene rings is 1. The number of nitrogens with zero attached hydrogens (tertiary/aromatic N) is 1. The Morgan fingerprint density at radius 1 is 1.23 bits per heavy atom. The van der Waals surface area contributed by atoms with Crippen molar-refractivity contribution in [2.75, 3.05) is 39.4 Å². The summed E-state index contributed by atoms with van der Waals surface area (Å²) < 4.78 is 5.33. The summed E-state index contributed by atoms with van der Waals surface area (Å²) in [5.74, 6) is -0.318.